The quantitative estimate of drug-likeness (QED) is 0.736. The number of carbonyl (C=O) groups is 2. The number of ether oxygens (including phenoxy) is 1. The van der Waals surface area contributed by atoms with Crippen molar-refractivity contribution >= 4 is 11.8 Å². The summed E-state index contributed by atoms with van der Waals surface area (Å²) in [6.07, 6.45) is 8.47. The van der Waals surface area contributed by atoms with E-state index in [9.17, 15) is 9.59 Å². The summed E-state index contributed by atoms with van der Waals surface area (Å²) in [5.74, 6) is 2.55. The van der Waals surface area contributed by atoms with E-state index in [4.69, 9.17) is 10.5 Å². The van der Waals surface area contributed by atoms with Crippen LogP contribution in [0.25, 0.3) is 0 Å². The molecule has 7 atom stereocenters. The van der Waals surface area contributed by atoms with Crippen molar-refractivity contribution < 1.29 is 14.3 Å². The normalized spacial score (nSPS) is 45.0. The van der Waals surface area contributed by atoms with Gasteiger partial charge in [0.2, 0.25) is 0 Å². The monoisotopic (exact) mass is 373 g/mol. The van der Waals surface area contributed by atoms with Gasteiger partial charge in [-0.25, -0.2) is 0 Å². The van der Waals surface area contributed by atoms with Gasteiger partial charge >= 0.3 is 5.97 Å². The van der Waals surface area contributed by atoms with Crippen molar-refractivity contribution in [2.75, 3.05) is 7.11 Å². The highest BCUT2D eigenvalue weighted by Crippen LogP contribution is 2.67. The third kappa shape index (κ3) is 2.54. The second-order valence-electron chi connectivity index (χ2n) is 10.2. The van der Waals surface area contributed by atoms with E-state index in [2.05, 4.69) is 20.8 Å². The molecule has 4 aliphatic carbocycles. The average molecular weight is 374 g/mol. The molecule has 4 nitrogen and oxygen atoms in total. The van der Waals surface area contributed by atoms with Crippen LogP contribution in [0.15, 0.2) is 11.3 Å². The lowest BCUT2D eigenvalue weighted by atomic mass is 9.46. The fourth-order valence-corrected chi connectivity index (χ4v) is 7.97. The maximum Gasteiger partial charge on any atom is 0.308 e. The van der Waals surface area contributed by atoms with Crippen LogP contribution in [0.3, 0.4) is 0 Å². The first-order valence-electron chi connectivity index (χ1n) is 10.8. The van der Waals surface area contributed by atoms with Crippen molar-refractivity contribution in [2.45, 2.75) is 72.1 Å². The molecule has 4 rings (SSSR count). The van der Waals surface area contributed by atoms with Gasteiger partial charge in [-0.05, 0) is 85.0 Å². The van der Waals surface area contributed by atoms with Crippen molar-refractivity contribution in [1.82, 2.24) is 0 Å². The van der Waals surface area contributed by atoms with Crippen LogP contribution in [0.2, 0.25) is 0 Å². The minimum atomic E-state index is -0.0524. The van der Waals surface area contributed by atoms with Crippen molar-refractivity contribution in [1.29, 1.82) is 0 Å². The molecule has 0 radical (unpaired) electrons. The number of carbonyl (C=O) groups excluding carboxylic acids is 2. The number of esters is 1. The molecular formula is C23H35NO3. The Bertz CT molecular complexity index is 698. The van der Waals surface area contributed by atoms with Crippen LogP contribution in [0, 0.1) is 40.4 Å². The van der Waals surface area contributed by atoms with Gasteiger partial charge in [0.1, 0.15) is 0 Å². The summed E-state index contributed by atoms with van der Waals surface area (Å²) in [6, 6.07) is 0. The summed E-state index contributed by atoms with van der Waals surface area (Å²) in [7, 11) is 1.51. The van der Waals surface area contributed by atoms with Crippen LogP contribution in [-0.2, 0) is 14.3 Å². The van der Waals surface area contributed by atoms with Gasteiger partial charge in [-0.2, -0.15) is 0 Å². The van der Waals surface area contributed by atoms with Gasteiger partial charge in [-0.15, -0.1) is 0 Å². The van der Waals surface area contributed by atoms with Gasteiger partial charge in [0.15, 0.2) is 5.78 Å². The fourth-order valence-electron chi connectivity index (χ4n) is 7.97. The van der Waals surface area contributed by atoms with E-state index in [1.165, 1.54) is 31.9 Å². The lowest BCUT2D eigenvalue weighted by Crippen LogP contribution is -2.52. The van der Waals surface area contributed by atoms with Crippen molar-refractivity contribution in [3.05, 3.63) is 11.3 Å². The lowest BCUT2D eigenvalue weighted by Gasteiger charge is -2.58. The molecule has 0 aliphatic heterocycles. The molecule has 0 spiro atoms. The number of allylic oxidation sites excluding steroid dienone is 1. The van der Waals surface area contributed by atoms with Gasteiger partial charge in [0.05, 0.1) is 18.7 Å². The molecular weight excluding hydrogens is 338 g/mol. The second kappa shape index (κ2) is 6.35. The number of fused-ring (bicyclic) bond motifs is 5. The first kappa shape index (κ1) is 19.0. The Kier molecular flexibility index (Phi) is 4.47. The maximum atomic E-state index is 12.2. The molecule has 150 valence electrons. The molecule has 0 amide bonds. The van der Waals surface area contributed by atoms with Crippen LogP contribution in [-0.4, -0.2) is 18.9 Å². The Labute approximate surface area is 163 Å². The molecule has 2 N–H and O–H groups in total. The Balaban J connectivity index is 1.63. The van der Waals surface area contributed by atoms with E-state index in [0.717, 1.165) is 25.7 Å². The van der Waals surface area contributed by atoms with Gasteiger partial charge in [-0.1, -0.05) is 20.8 Å². The average Bonchev–Trinajstić information content (AvgIpc) is 3.01. The number of hydrogen-bond donors (Lipinski definition) is 1. The van der Waals surface area contributed by atoms with Crippen molar-refractivity contribution in [3.8, 4) is 0 Å². The number of hydrogen-bond acceptors (Lipinski definition) is 4. The zero-order chi connectivity index (χ0) is 19.6. The predicted octanol–water partition coefficient (Wildman–Crippen LogP) is 4.23. The molecule has 4 heteroatoms. The van der Waals surface area contributed by atoms with E-state index < -0.39 is 0 Å². The molecule has 3 saturated carbocycles. The van der Waals surface area contributed by atoms with Crippen LogP contribution in [0.5, 0.6) is 0 Å². The molecule has 0 bridgehead atoms. The van der Waals surface area contributed by atoms with E-state index in [0.29, 0.717) is 35.8 Å². The number of ketones is 1. The van der Waals surface area contributed by atoms with E-state index in [1.807, 2.05) is 0 Å². The van der Waals surface area contributed by atoms with Gasteiger partial charge in [0, 0.05) is 6.42 Å². The SMILES string of the molecule is COC(=O)[C@@H](C)[C@H]1CC[C@H]2[C@@H]3CCC4=C(N)C(=O)CC[C@]4(C)[C@H]3CC[C@]12C. The Morgan fingerprint density at radius 2 is 1.85 bits per heavy atom. The molecule has 0 saturated heterocycles. The number of methoxy groups -OCH3 is 1. The minimum Gasteiger partial charge on any atom is -0.469 e. The molecule has 0 aromatic heterocycles. The fraction of sp³-hybridized carbons (Fsp3) is 0.826. The highest BCUT2D eigenvalue weighted by molar-refractivity contribution is 5.96. The summed E-state index contributed by atoms with van der Waals surface area (Å²) >= 11 is 0. The van der Waals surface area contributed by atoms with Crippen molar-refractivity contribution in [3.63, 3.8) is 0 Å². The van der Waals surface area contributed by atoms with Gasteiger partial charge in [-0.3, -0.25) is 9.59 Å². The van der Waals surface area contributed by atoms with Gasteiger partial charge < -0.3 is 10.5 Å². The Hall–Kier alpha value is -1.32. The summed E-state index contributed by atoms with van der Waals surface area (Å²) in [5.41, 5.74) is 8.45. The molecule has 0 unspecified atom stereocenters. The Morgan fingerprint density at radius 1 is 1.11 bits per heavy atom. The van der Waals surface area contributed by atoms with E-state index >= 15 is 0 Å². The molecule has 0 aromatic rings. The zero-order valence-corrected chi connectivity index (χ0v) is 17.3. The second-order valence-corrected chi connectivity index (χ2v) is 10.2. The summed E-state index contributed by atoms with van der Waals surface area (Å²) in [5, 5.41) is 0. The molecule has 0 heterocycles. The predicted molar refractivity (Wildman–Crippen MR) is 105 cm³/mol. The summed E-state index contributed by atoms with van der Waals surface area (Å²) in [6.45, 7) is 6.88. The van der Waals surface area contributed by atoms with Gasteiger partial charge in [0.25, 0.3) is 0 Å². The molecule has 27 heavy (non-hydrogen) atoms. The van der Waals surface area contributed by atoms with Crippen LogP contribution >= 0.6 is 0 Å². The Morgan fingerprint density at radius 3 is 2.56 bits per heavy atom. The number of rotatable bonds is 2. The lowest BCUT2D eigenvalue weighted by molar-refractivity contribution is -0.150. The minimum absolute atomic E-state index is 0.0147. The summed E-state index contributed by atoms with van der Waals surface area (Å²) in [4.78, 5) is 24.4. The van der Waals surface area contributed by atoms with E-state index in [-0.39, 0.29) is 28.5 Å². The molecule has 0 aromatic carbocycles. The number of Topliss-reactive ketones (excluding diaryl/α,β-unsaturated/α-hetero) is 1. The standard InChI is InChI=1S/C23H35NO3/c1-13(21(26)27-4)15-7-8-16-14-5-6-18-20(24)19(25)10-12-23(18,3)17(14)9-11-22(15,16)2/h13-17H,5-12,24H2,1-4H3/t13-,14-,15+,16-,17-,22+,23+/m0/s1. The first-order valence-corrected chi connectivity index (χ1v) is 10.8. The third-order valence-corrected chi connectivity index (χ3v) is 9.42. The summed E-state index contributed by atoms with van der Waals surface area (Å²) < 4.78 is 5.07. The topological polar surface area (TPSA) is 69.4 Å². The maximum absolute atomic E-state index is 12.2. The number of nitrogens with two attached hydrogens (primary N) is 1. The third-order valence-electron chi connectivity index (χ3n) is 9.42. The smallest absolute Gasteiger partial charge is 0.308 e. The van der Waals surface area contributed by atoms with Crippen LogP contribution in [0.1, 0.15) is 72.1 Å². The van der Waals surface area contributed by atoms with Crippen LogP contribution < -0.4 is 5.73 Å². The highest BCUT2D eigenvalue weighted by Gasteiger charge is 2.60. The largest absolute Gasteiger partial charge is 0.469 e. The van der Waals surface area contributed by atoms with Crippen molar-refractivity contribution in [2.24, 2.45) is 46.2 Å². The molecule has 4 aliphatic rings. The van der Waals surface area contributed by atoms with E-state index in [1.54, 1.807) is 0 Å². The molecule has 3 fully saturated rings. The first-order chi connectivity index (χ1) is 12.7. The zero-order valence-electron chi connectivity index (χ0n) is 17.3. The van der Waals surface area contributed by atoms with Crippen LogP contribution in [0.4, 0.5) is 0 Å². The highest BCUT2D eigenvalue weighted by atomic mass is 16.5.